The fraction of sp³-hybridized carbons (Fsp3) is 0.268. The third-order valence-electron chi connectivity index (χ3n) is 9.64. The van der Waals surface area contributed by atoms with E-state index in [0.29, 0.717) is 23.4 Å². The van der Waals surface area contributed by atoms with E-state index in [4.69, 9.17) is 9.47 Å². The molecule has 0 spiro atoms. The molecule has 278 valence electrons. The minimum absolute atomic E-state index is 0. The Morgan fingerprint density at radius 3 is 1.91 bits per heavy atom. The molecule has 12 heteroatoms. The highest BCUT2D eigenvalue weighted by molar-refractivity contribution is 6.00. The number of anilines is 1. The molecular formula is C41H44Cl2N4O6. The molecule has 0 saturated carbocycles. The Labute approximate surface area is 322 Å². The lowest BCUT2D eigenvalue weighted by molar-refractivity contribution is -0.384. The van der Waals surface area contributed by atoms with Gasteiger partial charge in [0.2, 0.25) is 0 Å². The zero-order chi connectivity index (χ0) is 35.9. The molecule has 1 atom stereocenters. The second kappa shape index (κ2) is 18.6. The fourth-order valence-electron chi connectivity index (χ4n) is 7.13. The Morgan fingerprint density at radius 2 is 1.36 bits per heavy atom. The molecule has 2 heterocycles. The van der Waals surface area contributed by atoms with Crippen LogP contribution in [0.5, 0.6) is 0 Å². The molecule has 0 bridgehead atoms. The van der Waals surface area contributed by atoms with Crippen molar-refractivity contribution in [2.45, 2.75) is 32.2 Å². The molecular weight excluding hydrogens is 715 g/mol. The molecule has 2 aliphatic heterocycles. The van der Waals surface area contributed by atoms with Gasteiger partial charge in [0, 0.05) is 61.8 Å². The van der Waals surface area contributed by atoms with Crippen LogP contribution in [-0.4, -0.2) is 61.7 Å². The quantitative estimate of drug-likeness (QED) is 0.0942. The molecule has 10 nitrogen and oxygen atoms in total. The summed E-state index contributed by atoms with van der Waals surface area (Å²) in [6.07, 6.45) is 0.496. The highest BCUT2D eigenvalue weighted by Crippen LogP contribution is 2.40. The molecule has 1 fully saturated rings. The van der Waals surface area contributed by atoms with Crippen LogP contribution in [0.15, 0.2) is 132 Å². The Hall–Kier alpha value is -5.16. The van der Waals surface area contributed by atoms with E-state index in [-0.39, 0.29) is 54.3 Å². The standard InChI is InChI=1S/C41H42N4O6.2ClH/c1-28-36(40(46)50-3)38(33-15-10-16-35(27-33)45(48)49)37(29(2)42-28)41(47)51-26-21-30-17-19-34(20-18-30)43-22-24-44(25-23-43)39(31-11-6-4-7-12-31)32-13-8-5-9-14-32;;/h4-20,27,38-39,42H,21-26H2,1-3H3;2*1H/t38-;;/m0../s1. The van der Waals surface area contributed by atoms with E-state index in [1.807, 2.05) is 0 Å². The second-order valence-electron chi connectivity index (χ2n) is 12.8. The average molecular weight is 760 g/mol. The highest BCUT2D eigenvalue weighted by atomic mass is 35.5. The van der Waals surface area contributed by atoms with E-state index < -0.39 is 22.8 Å². The van der Waals surface area contributed by atoms with Crippen molar-refractivity contribution in [3.63, 3.8) is 0 Å². The van der Waals surface area contributed by atoms with Crippen molar-refractivity contribution in [2.75, 3.05) is 44.8 Å². The third kappa shape index (κ3) is 9.26. The number of methoxy groups -OCH3 is 1. The maximum Gasteiger partial charge on any atom is 0.336 e. The number of halogens is 2. The van der Waals surface area contributed by atoms with Crippen LogP contribution in [0.1, 0.15) is 48.1 Å². The number of ether oxygens (including phenoxy) is 2. The molecule has 1 N–H and O–H groups in total. The first-order valence-corrected chi connectivity index (χ1v) is 17.1. The molecule has 0 amide bonds. The number of allylic oxidation sites excluding steroid dienone is 2. The summed E-state index contributed by atoms with van der Waals surface area (Å²) in [6.45, 7) is 7.22. The molecule has 1 saturated heterocycles. The normalized spacial score (nSPS) is 15.9. The van der Waals surface area contributed by atoms with Crippen molar-refractivity contribution in [2.24, 2.45) is 0 Å². The summed E-state index contributed by atoms with van der Waals surface area (Å²) in [7, 11) is 1.26. The molecule has 6 rings (SSSR count). The van der Waals surface area contributed by atoms with Gasteiger partial charge in [-0.2, -0.15) is 0 Å². The molecule has 4 aromatic rings. The number of rotatable bonds is 11. The van der Waals surface area contributed by atoms with Gasteiger partial charge in [-0.15, -0.1) is 24.8 Å². The highest BCUT2D eigenvalue weighted by Gasteiger charge is 2.38. The van der Waals surface area contributed by atoms with Gasteiger partial charge in [-0.05, 0) is 48.2 Å². The van der Waals surface area contributed by atoms with Crippen molar-refractivity contribution < 1.29 is 24.0 Å². The van der Waals surface area contributed by atoms with E-state index in [2.05, 4.69) is 100 Å². The van der Waals surface area contributed by atoms with Crippen LogP contribution in [0.4, 0.5) is 11.4 Å². The Morgan fingerprint density at radius 1 is 0.792 bits per heavy atom. The van der Waals surface area contributed by atoms with Crippen molar-refractivity contribution in [1.82, 2.24) is 10.2 Å². The maximum atomic E-state index is 13.6. The summed E-state index contributed by atoms with van der Waals surface area (Å²) in [5.74, 6) is -2.14. The van der Waals surface area contributed by atoms with E-state index >= 15 is 0 Å². The lowest BCUT2D eigenvalue weighted by atomic mass is 9.80. The third-order valence-corrected chi connectivity index (χ3v) is 9.64. The maximum absolute atomic E-state index is 13.6. The summed E-state index contributed by atoms with van der Waals surface area (Å²) < 4.78 is 10.8. The first kappa shape index (κ1) is 40.6. The number of nitrogens with one attached hydrogen (secondary N) is 1. The summed E-state index contributed by atoms with van der Waals surface area (Å²) in [6, 6.07) is 35.8. The van der Waals surface area contributed by atoms with Gasteiger partial charge in [0.05, 0.1) is 41.7 Å². The van der Waals surface area contributed by atoms with E-state index in [9.17, 15) is 19.7 Å². The molecule has 53 heavy (non-hydrogen) atoms. The number of dihydropyridines is 1. The topological polar surface area (TPSA) is 114 Å². The Balaban J connectivity index is 0.00000314. The van der Waals surface area contributed by atoms with Gasteiger partial charge in [-0.25, -0.2) is 9.59 Å². The number of nitrogens with zero attached hydrogens (tertiary/aromatic N) is 3. The van der Waals surface area contributed by atoms with Crippen LogP contribution in [0.25, 0.3) is 0 Å². The number of hydrogen-bond acceptors (Lipinski definition) is 9. The average Bonchev–Trinajstić information content (AvgIpc) is 3.16. The molecule has 4 aromatic carbocycles. The summed E-state index contributed by atoms with van der Waals surface area (Å²) in [5.41, 5.74) is 6.44. The van der Waals surface area contributed by atoms with Crippen LogP contribution in [-0.2, 0) is 25.5 Å². The van der Waals surface area contributed by atoms with E-state index in [1.165, 1.54) is 36.4 Å². The van der Waals surface area contributed by atoms with Crippen LogP contribution >= 0.6 is 24.8 Å². The van der Waals surface area contributed by atoms with Gasteiger partial charge in [0.15, 0.2) is 0 Å². The monoisotopic (exact) mass is 758 g/mol. The zero-order valence-corrected chi connectivity index (χ0v) is 31.5. The lowest BCUT2D eigenvalue weighted by Crippen LogP contribution is -2.48. The predicted molar refractivity (Wildman–Crippen MR) is 211 cm³/mol. The molecule has 0 aromatic heterocycles. The summed E-state index contributed by atoms with van der Waals surface area (Å²) in [4.78, 5) is 42.6. The Bertz CT molecular complexity index is 1910. The molecule has 0 aliphatic carbocycles. The van der Waals surface area contributed by atoms with Crippen molar-refractivity contribution >= 4 is 48.1 Å². The molecule has 0 unspecified atom stereocenters. The number of benzene rings is 4. The van der Waals surface area contributed by atoms with Crippen molar-refractivity contribution in [1.29, 1.82) is 0 Å². The number of carbonyl (C=O) groups excluding carboxylic acids is 2. The van der Waals surface area contributed by atoms with Crippen molar-refractivity contribution in [3.8, 4) is 0 Å². The summed E-state index contributed by atoms with van der Waals surface area (Å²) >= 11 is 0. The summed E-state index contributed by atoms with van der Waals surface area (Å²) in [5, 5.41) is 14.7. The largest absolute Gasteiger partial charge is 0.466 e. The zero-order valence-electron chi connectivity index (χ0n) is 29.9. The number of carbonyl (C=O) groups is 2. The van der Waals surface area contributed by atoms with Gasteiger partial charge in [0.25, 0.3) is 5.69 Å². The molecule has 0 radical (unpaired) electrons. The van der Waals surface area contributed by atoms with Crippen LogP contribution in [0.3, 0.4) is 0 Å². The number of esters is 2. The molecule has 2 aliphatic rings. The van der Waals surface area contributed by atoms with Gasteiger partial charge < -0.3 is 19.7 Å². The minimum Gasteiger partial charge on any atom is -0.466 e. The number of piperazine rings is 1. The first-order valence-electron chi connectivity index (χ1n) is 17.1. The van der Waals surface area contributed by atoms with Crippen LogP contribution in [0, 0.1) is 10.1 Å². The van der Waals surface area contributed by atoms with E-state index in [1.54, 1.807) is 19.9 Å². The smallest absolute Gasteiger partial charge is 0.336 e. The Kier molecular flexibility index (Phi) is 14.2. The van der Waals surface area contributed by atoms with Crippen LogP contribution in [0.2, 0.25) is 0 Å². The van der Waals surface area contributed by atoms with Gasteiger partial charge in [0.1, 0.15) is 0 Å². The number of hydrogen-bond donors (Lipinski definition) is 1. The van der Waals surface area contributed by atoms with Crippen molar-refractivity contribution in [3.05, 3.63) is 164 Å². The number of nitro groups is 1. The minimum atomic E-state index is -0.901. The number of nitro benzene ring substituents is 1. The predicted octanol–water partition coefficient (Wildman–Crippen LogP) is 7.54. The van der Waals surface area contributed by atoms with Gasteiger partial charge in [-0.1, -0.05) is 84.9 Å². The van der Waals surface area contributed by atoms with Gasteiger partial charge in [-0.3, -0.25) is 15.0 Å². The lowest BCUT2D eigenvalue weighted by Gasteiger charge is -2.40. The second-order valence-corrected chi connectivity index (χ2v) is 12.8. The van der Waals surface area contributed by atoms with E-state index in [0.717, 1.165) is 37.4 Å². The van der Waals surface area contributed by atoms with Gasteiger partial charge >= 0.3 is 11.9 Å². The fourth-order valence-corrected chi connectivity index (χ4v) is 7.13. The first-order chi connectivity index (χ1) is 24.7. The number of non-ortho nitro benzene ring substituents is 1. The van der Waals surface area contributed by atoms with Crippen LogP contribution < -0.4 is 10.2 Å². The SMILES string of the molecule is COC(=O)C1=C(C)NC(C)=C(C(=O)OCCc2ccc(N3CCN(C(c4ccccc4)c4ccccc4)CC3)cc2)[C@H]1c1cccc([N+](=O)[O-])c1.Cl.Cl.